The van der Waals surface area contributed by atoms with E-state index in [0.717, 1.165) is 31.2 Å². The maximum Gasteiger partial charge on any atom is 0.243 e. The van der Waals surface area contributed by atoms with Gasteiger partial charge < -0.3 is 4.74 Å². The molecule has 2 aliphatic carbocycles. The van der Waals surface area contributed by atoms with Crippen molar-refractivity contribution in [1.29, 1.82) is 0 Å². The van der Waals surface area contributed by atoms with Gasteiger partial charge in [-0.1, -0.05) is 30.5 Å². The molecule has 0 radical (unpaired) electrons. The molecular formula is C17H21NO3S. The molecule has 0 spiro atoms. The van der Waals surface area contributed by atoms with Gasteiger partial charge in [-0.25, -0.2) is 8.42 Å². The summed E-state index contributed by atoms with van der Waals surface area (Å²) in [4.78, 5) is 0.431. The lowest BCUT2D eigenvalue weighted by molar-refractivity contribution is 0.252. The highest BCUT2D eigenvalue weighted by Crippen LogP contribution is 2.69. The summed E-state index contributed by atoms with van der Waals surface area (Å²) in [7, 11) is -3.34. The van der Waals surface area contributed by atoms with Crippen LogP contribution < -0.4 is 0 Å². The van der Waals surface area contributed by atoms with Crippen LogP contribution in [0.4, 0.5) is 0 Å². The molecule has 4 aliphatic rings. The van der Waals surface area contributed by atoms with Crippen LogP contribution in [0.15, 0.2) is 29.2 Å². The monoisotopic (exact) mass is 319 g/mol. The van der Waals surface area contributed by atoms with Gasteiger partial charge in [-0.05, 0) is 44.7 Å². The Bertz CT molecular complexity index is 718. The number of fused-ring (bicyclic) bond motifs is 1. The van der Waals surface area contributed by atoms with Gasteiger partial charge in [0, 0.05) is 12.1 Å². The van der Waals surface area contributed by atoms with Crippen LogP contribution in [-0.2, 0) is 14.8 Å². The molecule has 4 fully saturated rings. The summed E-state index contributed by atoms with van der Waals surface area (Å²) < 4.78 is 33.7. The predicted octanol–water partition coefficient (Wildman–Crippen LogP) is 2.61. The molecule has 1 aromatic carbocycles. The van der Waals surface area contributed by atoms with Crippen LogP contribution in [0.5, 0.6) is 0 Å². The van der Waals surface area contributed by atoms with E-state index in [2.05, 4.69) is 0 Å². The molecule has 0 bridgehead atoms. The van der Waals surface area contributed by atoms with E-state index in [0.29, 0.717) is 4.90 Å². The molecule has 22 heavy (non-hydrogen) atoms. The van der Waals surface area contributed by atoms with Gasteiger partial charge in [-0.3, -0.25) is 0 Å². The van der Waals surface area contributed by atoms with Crippen molar-refractivity contribution in [2.24, 2.45) is 0 Å². The standard InChI is InChI=1S/C17H21NO3S/c1-12-4-6-13(7-5-12)22(19,20)18-14-10-16-8-2-3-9-17(16,21-16)11-15(14)18/h4-7,14-15H,2-3,8-11H2,1H3/t14-,15+,16-,17+,18?. The molecule has 5 rings (SSSR count). The van der Waals surface area contributed by atoms with Crippen LogP contribution in [0, 0.1) is 6.92 Å². The molecule has 4 nitrogen and oxygen atoms in total. The van der Waals surface area contributed by atoms with E-state index in [1.54, 1.807) is 16.4 Å². The number of nitrogens with zero attached hydrogens (tertiary/aromatic N) is 1. The first-order valence-electron chi connectivity index (χ1n) is 8.28. The predicted molar refractivity (Wildman–Crippen MR) is 82.0 cm³/mol. The third-order valence-corrected chi connectivity index (χ3v) is 8.24. The van der Waals surface area contributed by atoms with Crippen molar-refractivity contribution >= 4 is 10.0 Å². The SMILES string of the molecule is Cc1ccc(S(=O)(=O)N2[C@@H]3C[C@]45CCCC[C@@]4(C[C@@H]32)O5)cc1. The van der Waals surface area contributed by atoms with Gasteiger partial charge in [-0.2, -0.15) is 4.31 Å². The third kappa shape index (κ3) is 1.57. The van der Waals surface area contributed by atoms with Gasteiger partial charge in [0.1, 0.15) is 0 Å². The minimum atomic E-state index is -3.34. The second kappa shape index (κ2) is 3.94. The number of sulfonamides is 1. The lowest BCUT2D eigenvalue weighted by Crippen LogP contribution is -2.36. The number of aryl methyl sites for hydroxylation is 1. The van der Waals surface area contributed by atoms with Crippen LogP contribution in [0.1, 0.15) is 44.1 Å². The van der Waals surface area contributed by atoms with Crippen molar-refractivity contribution in [3.63, 3.8) is 0 Å². The maximum atomic E-state index is 12.9. The number of benzene rings is 1. The van der Waals surface area contributed by atoms with E-state index in [1.807, 2.05) is 19.1 Å². The highest BCUT2D eigenvalue weighted by Gasteiger charge is 2.79. The van der Waals surface area contributed by atoms with E-state index in [1.165, 1.54) is 12.8 Å². The smallest absolute Gasteiger partial charge is 0.243 e. The Morgan fingerprint density at radius 2 is 1.59 bits per heavy atom. The molecule has 2 heterocycles. The quantitative estimate of drug-likeness (QED) is 0.787. The van der Waals surface area contributed by atoms with Crippen LogP contribution in [-0.4, -0.2) is 36.0 Å². The van der Waals surface area contributed by atoms with Gasteiger partial charge in [0.15, 0.2) is 0 Å². The summed E-state index contributed by atoms with van der Waals surface area (Å²) in [5.74, 6) is 0. The Morgan fingerprint density at radius 3 is 2.14 bits per heavy atom. The second-order valence-corrected chi connectivity index (χ2v) is 9.33. The molecule has 2 saturated carbocycles. The van der Waals surface area contributed by atoms with Crippen molar-refractivity contribution in [2.75, 3.05) is 0 Å². The average Bonchev–Trinajstić information content (AvgIpc) is 3.34. The van der Waals surface area contributed by atoms with Gasteiger partial charge in [-0.15, -0.1) is 0 Å². The van der Waals surface area contributed by atoms with Gasteiger partial charge in [0.05, 0.1) is 16.1 Å². The minimum Gasteiger partial charge on any atom is -0.362 e. The maximum absolute atomic E-state index is 12.9. The highest BCUT2D eigenvalue weighted by molar-refractivity contribution is 7.89. The number of hydrogen-bond acceptors (Lipinski definition) is 3. The van der Waals surface area contributed by atoms with Crippen LogP contribution in [0.2, 0.25) is 0 Å². The zero-order valence-corrected chi connectivity index (χ0v) is 13.6. The lowest BCUT2D eigenvalue weighted by Gasteiger charge is -2.27. The summed E-state index contributed by atoms with van der Waals surface area (Å²) in [5, 5.41) is 0. The van der Waals surface area contributed by atoms with Crippen LogP contribution in [0.25, 0.3) is 0 Å². The first-order valence-corrected chi connectivity index (χ1v) is 9.72. The fourth-order valence-electron chi connectivity index (χ4n) is 5.01. The molecule has 0 aromatic heterocycles. The molecule has 0 amide bonds. The summed E-state index contributed by atoms with van der Waals surface area (Å²) in [5.41, 5.74) is 1.12. The first-order chi connectivity index (χ1) is 10.5. The minimum absolute atomic E-state index is 0.0178. The topological polar surface area (TPSA) is 49.7 Å². The summed E-state index contributed by atoms with van der Waals surface area (Å²) >= 11 is 0. The van der Waals surface area contributed by atoms with E-state index in [-0.39, 0.29) is 23.3 Å². The van der Waals surface area contributed by atoms with E-state index < -0.39 is 10.0 Å². The molecule has 5 heteroatoms. The molecule has 2 aliphatic heterocycles. The summed E-state index contributed by atoms with van der Waals surface area (Å²) in [6.07, 6.45) is 6.50. The second-order valence-electron chi connectivity index (χ2n) is 7.49. The molecular weight excluding hydrogens is 298 g/mol. The Hall–Kier alpha value is -0.910. The molecule has 2 saturated heterocycles. The Kier molecular flexibility index (Phi) is 2.42. The first kappa shape index (κ1) is 13.5. The normalized spacial score (nSPS) is 45.4. The van der Waals surface area contributed by atoms with Crippen molar-refractivity contribution in [2.45, 2.75) is 73.6 Å². The Labute approximate surface area is 131 Å². The van der Waals surface area contributed by atoms with Crippen LogP contribution >= 0.6 is 0 Å². The molecule has 1 unspecified atom stereocenters. The summed E-state index contributed by atoms with van der Waals surface area (Å²) in [6.45, 7) is 1.97. The lowest BCUT2D eigenvalue weighted by atomic mass is 9.71. The highest BCUT2D eigenvalue weighted by atomic mass is 32.2. The van der Waals surface area contributed by atoms with Crippen molar-refractivity contribution in [3.8, 4) is 0 Å². The molecule has 118 valence electrons. The van der Waals surface area contributed by atoms with Gasteiger partial charge >= 0.3 is 0 Å². The molecule has 5 atom stereocenters. The van der Waals surface area contributed by atoms with Crippen molar-refractivity contribution in [3.05, 3.63) is 29.8 Å². The zero-order valence-electron chi connectivity index (χ0n) is 12.8. The van der Waals surface area contributed by atoms with Crippen molar-refractivity contribution in [1.82, 2.24) is 4.31 Å². The number of rotatable bonds is 2. The molecule has 1 aromatic rings. The third-order valence-electron chi connectivity index (χ3n) is 6.27. The van der Waals surface area contributed by atoms with Gasteiger partial charge in [0.2, 0.25) is 10.0 Å². The Balaban J connectivity index is 1.44. The molecule has 0 N–H and O–H groups in total. The zero-order chi connectivity index (χ0) is 15.2. The fourth-order valence-corrected chi connectivity index (χ4v) is 6.82. The van der Waals surface area contributed by atoms with Gasteiger partial charge in [0.25, 0.3) is 0 Å². The Morgan fingerprint density at radius 1 is 1.05 bits per heavy atom. The van der Waals surface area contributed by atoms with E-state index >= 15 is 0 Å². The average molecular weight is 319 g/mol. The van der Waals surface area contributed by atoms with E-state index in [4.69, 9.17) is 4.74 Å². The fraction of sp³-hybridized carbons (Fsp3) is 0.647. The largest absolute Gasteiger partial charge is 0.362 e. The van der Waals surface area contributed by atoms with Crippen molar-refractivity contribution < 1.29 is 13.2 Å². The van der Waals surface area contributed by atoms with Crippen LogP contribution in [0.3, 0.4) is 0 Å². The number of epoxide rings is 1. The number of hydrogen-bond donors (Lipinski definition) is 0. The summed E-state index contributed by atoms with van der Waals surface area (Å²) in [6, 6.07) is 7.54. The number of ether oxygens (including phenoxy) is 1. The van der Waals surface area contributed by atoms with E-state index in [9.17, 15) is 8.42 Å².